The van der Waals surface area contributed by atoms with Crippen molar-refractivity contribution in [2.75, 3.05) is 19.6 Å². The minimum Gasteiger partial charge on any atom is -0.304 e. The summed E-state index contributed by atoms with van der Waals surface area (Å²) < 4.78 is 1.96. The summed E-state index contributed by atoms with van der Waals surface area (Å²) in [6.45, 7) is 6.77. The smallest absolute Gasteiger partial charge is 0.178 e. The summed E-state index contributed by atoms with van der Waals surface area (Å²) in [4.78, 5) is 6.87. The van der Waals surface area contributed by atoms with Crippen molar-refractivity contribution in [2.24, 2.45) is 5.92 Å². The maximum absolute atomic E-state index is 4.37. The van der Waals surface area contributed by atoms with Gasteiger partial charge in [0, 0.05) is 12.7 Å². The molecule has 0 atom stereocenters. The van der Waals surface area contributed by atoms with Crippen molar-refractivity contribution >= 4 is 11.2 Å². The van der Waals surface area contributed by atoms with Gasteiger partial charge in [0.05, 0.1) is 0 Å². The Hall–Kier alpha value is -1.49. The number of aromatic nitrogens is 4. The highest BCUT2D eigenvalue weighted by Crippen LogP contribution is 2.19. The Morgan fingerprint density at radius 3 is 2.94 bits per heavy atom. The van der Waals surface area contributed by atoms with Crippen LogP contribution in [0.4, 0.5) is 0 Å². The molecule has 1 aliphatic rings. The summed E-state index contributed by atoms with van der Waals surface area (Å²) in [7, 11) is 0. The van der Waals surface area contributed by atoms with Crippen molar-refractivity contribution in [1.29, 1.82) is 0 Å². The molecule has 0 radical (unpaired) electrons. The van der Waals surface area contributed by atoms with E-state index in [-0.39, 0.29) is 0 Å². The molecule has 1 aliphatic heterocycles. The minimum atomic E-state index is 0.708. The van der Waals surface area contributed by atoms with Crippen LogP contribution in [0.15, 0.2) is 18.3 Å². The van der Waals surface area contributed by atoms with Crippen LogP contribution in [0.2, 0.25) is 0 Å². The number of likely N-dealkylation sites (tertiary alicyclic amines) is 1. The number of hydrogen-bond donors (Lipinski definition) is 0. The Morgan fingerprint density at radius 2 is 2.17 bits per heavy atom. The summed E-state index contributed by atoms with van der Waals surface area (Å²) in [6, 6.07) is 3.87. The van der Waals surface area contributed by atoms with Gasteiger partial charge in [0.25, 0.3) is 0 Å². The van der Waals surface area contributed by atoms with Gasteiger partial charge in [-0.2, -0.15) is 0 Å². The summed E-state index contributed by atoms with van der Waals surface area (Å²) in [6.07, 6.45) is 4.31. The van der Waals surface area contributed by atoms with E-state index in [4.69, 9.17) is 0 Å². The highest BCUT2D eigenvalue weighted by Gasteiger charge is 2.19. The minimum absolute atomic E-state index is 0.708. The van der Waals surface area contributed by atoms with E-state index >= 15 is 0 Å². The lowest BCUT2D eigenvalue weighted by atomic mass is 9.97. The zero-order chi connectivity index (χ0) is 12.4. The topological polar surface area (TPSA) is 46.8 Å². The normalized spacial score (nSPS) is 18.5. The maximum Gasteiger partial charge on any atom is 0.178 e. The lowest BCUT2D eigenvalue weighted by molar-refractivity contribution is 0.178. The van der Waals surface area contributed by atoms with E-state index in [1.165, 1.54) is 32.5 Å². The molecule has 5 nitrogen and oxygen atoms in total. The first-order chi connectivity index (χ1) is 8.86. The number of rotatable bonds is 3. The fourth-order valence-electron chi connectivity index (χ4n) is 2.66. The summed E-state index contributed by atoms with van der Waals surface area (Å²) in [5.74, 6) is 0.708. The number of fused-ring (bicyclic) bond motifs is 1. The van der Waals surface area contributed by atoms with Crippen molar-refractivity contribution in [1.82, 2.24) is 24.9 Å². The van der Waals surface area contributed by atoms with Gasteiger partial charge in [-0.05, 0) is 50.5 Å². The molecule has 0 unspecified atom stereocenters. The van der Waals surface area contributed by atoms with Gasteiger partial charge in [-0.3, -0.25) is 0 Å². The van der Waals surface area contributed by atoms with E-state index in [0.717, 1.165) is 17.7 Å². The van der Waals surface area contributed by atoms with Crippen LogP contribution in [0, 0.1) is 5.92 Å². The van der Waals surface area contributed by atoms with Crippen molar-refractivity contribution in [3.8, 4) is 0 Å². The second-order valence-corrected chi connectivity index (χ2v) is 5.00. The third-order valence-electron chi connectivity index (χ3n) is 3.86. The Bertz CT molecular complexity index is 513. The molecule has 5 heteroatoms. The summed E-state index contributed by atoms with van der Waals surface area (Å²) >= 11 is 0. The predicted octanol–water partition coefficient (Wildman–Crippen LogP) is 1.56. The Balaban J connectivity index is 1.70. The number of nitrogens with zero attached hydrogens (tertiary/aromatic N) is 5. The van der Waals surface area contributed by atoms with E-state index in [0.29, 0.717) is 5.92 Å². The molecule has 0 aromatic carbocycles. The molecule has 2 aromatic rings. The Labute approximate surface area is 107 Å². The van der Waals surface area contributed by atoms with Gasteiger partial charge in [-0.15, -0.1) is 5.10 Å². The number of pyridine rings is 1. The number of piperidine rings is 1. The Morgan fingerprint density at radius 1 is 1.33 bits per heavy atom. The summed E-state index contributed by atoms with van der Waals surface area (Å²) in [5.41, 5.74) is 1.80. The van der Waals surface area contributed by atoms with Gasteiger partial charge < -0.3 is 4.90 Å². The van der Waals surface area contributed by atoms with Crippen LogP contribution in [0.25, 0.3) is 11.2 Å². The SMILES string of the molecule is CCN1CCC(Cn2nnc3cccnc32)CC1. The Kier molecular flexibility index (Phi) is 3.23. The lowest BCUT2D eigenvalue weighted by Gasteiger charge is -2.30. The first-order valence-corrected chi connectivity index (χ1v) is 6.73. The molecule has 3 rings (SSSR count). The average Bonchev–Trinajstić information content (AvgIpc) is 2.83. The van der Waals surface area contributed by atoms with Gasteiger partial charge in [0.1, 0.15) is 5.52 Å². The van der Waals surface area contributed by atoms with Crippen LogP contribution in [-0.2, 0) is 6.54 Å². The van der Waals surface area contributed by atoms with Crippen molar-refractivity contribution < 1.29 is 0 Å². The molecule has 0 saturated carbocycles. The van der Waals surface area contributed by atoms with Crippen LogP contribution in [0.1, 0.15) is 19.8 Å². The average molecular weight is 245 g/mol. The van der Waals surface area contributed by atoms with E-state index in [1.807, 2.05) is 23.0 Å². The van der Waals surface area contributed by atoms with Gasteiger partial charge in [0.15, 0.2) is 5.65 Å². The predicted molar refractivity (Wildman–Crippen MR) is 70.2 cm³/mol. The lowest BCUT2D eigenvalue weighted by Crippen LogP contribution is -2.34. The molecule has 0 N–H and O–H groups in total. The van der Waals surface area contributed by atoms with Crippen LogP contribution in [0.5, 0.6) is 0 Å². The summed E-state index contributed by atoms with van der Waals surface area (Å²) in [5, 5.41) is 8.37. The first-order valence-electron chi connectivity index (χ1n) is 6.73. The second-order valence-electron chi connectivity index (χ2n) is 5.00. The van der Waals surface area contributed by atoms with E-state index in [9.17, 15) is 0 Å². The van der Waals surface area contributed by atoms with Gasteiger partial charge in [0.2, 0.25) is 0 Å². The fraction of sp³-hybridized carbons (Fsp3) is 0.615. The molecular formula is C13H19N5. The molecule has 96 valence electrons. The molecule has 1 fully saturated rings. The van der Waals surface area contributed by atoms with Crippen LogP contribution in [-0.4, -0.2) is 44.5 Å². The molecule has 0 bridgehead atoms. The number of hydrogen-bond acceptors (Lipinski definition) is 4. The highest BCUT2D eigenvalue weighted by atomic mass is 15.4. The van der Waals surface area contributed by atoms with Gasteiger partial charge in [-0.25, -0.2) is 9.67 Å². The second kappa shape index (κ2) is 5.02. The monoisotopic (exact) mass is 245 g/mol. The third-order valence-corrected chi connectivity index (χ3v) is 3.86. The zero-order valence-electron chi connectivity index (χ0n) is 10.8. The quantitative estimate of drug-likeness (QED) is 0.823. The molecule has 0 amide bonds. The molecule has 3 heterocycles. The van der Waals surface area contributed by atoms with E-state index < -0.39 is 0 Å². The van der Waals surface area contributed by atoms with Crippen molar-refractivity contribution in [2.45, 2.75) is 26.3 Å². The maximum atomic E-state index is 4.37. The molecular weight excluding hydrogens is 226 g/mol. The standard InChI is InChI=1S/C13H19N5/c1-2-17-8-5-11(6-9-17)10-18-13-12(15-16-18)4-3-7-14-13/h3-4,7,11H,2,5-6,8-10H2,1H3. The van der Waals surface area contributed by atoms with Gasteiger partial charge in [-0.1, -0.05) is 12.1 Å². The largest absolute Gasteiger partial charge is 0.304 e. The highest BCUT2D eigenvalue weighted by molar-refractivity contribution is 5.68. The first kappa shape index (κ1) is 11.6. The van der Waals surface area contributed by atoms with Crippen LogP contribution < -0.4 is 0 Å². The molecule has 18 heavy (non-hydrogen) atoms. The molecule has 1 saturated heterocycles. The molecule has 0 spiro atoms. The molecule has 2 aromatic heterocycles. The molecule has 0 aliphatic carbocycles. The van der Waals surface area contributed by atoms with Crippen LogP contribution >= 0.6 is 0 Å². The zero-order valence-corrected chi connectivity index (χ0v) is 10.8. The van der Waals surface area contributed by atoms with E-state index in [2.05, 4.69) is 27.1 Å². The third kappa shape index (κ3) is 2.22. The van der Waals surface area contributed by atoms with E-state index in [1.54, 1.807) is 0 Å². The van der Waals surface area contributed by atoms with Crippen LogP contribution in [0.3, 0.4) is 0 Å². The van der Waals surface area contributed by atoms with Gasteiger partial charge >= 0.3 is 0 Å². The van der Waals surface area contributed by atoms with Crippen molar-refractivity contribution in [3.63, 3.8) is 0 Å². The van der Waals surface area contributed by atoms with Crippen molar-refractivity contribution in [3.05, 3.63) is 18.3 Å². The fourth-order valence-corrected chi connectivity index (χ4v) is 2.66.